The molecule has 2 aromatic rings. The maximum atomic E-state index is 12.4. The van der Waals surface area contributed by atoms with Gasteiger partial charge in [0.2, 0.25) is 0 Å². The van der Waals surface area contributed by atoms with E-state index in [1.165, 1.54) is 4.68 Å². The minimum absolute atomic E-state index is 0.0364. The zero-order valence-corrected chi connectivity index (χ0v) is 15.9. The largest absolute Gasteiger partial charge is 0.370 e. The summed E-state index contributed by atoms with van der Waals surface area (Å²) in [4.78, 5) is 26.3. The Morgan fingerprint density at radius 2 is 2.15 bits per heavy atom. The minimum Gasteiger partial charge on any atom is -0.370 e. The fourth-order valence-electron chi connectivity index (χ4n) is 3.15. The first-order valence-electron chi connectivity index (χ1n) is 8.99. The third kappa shape index (κ3) is 3.98. The van der Waals surface area contributed by atoms with E-state index in [0.717, 1.165) is 25.2 Å². The van der Waals surface area contributed by atoms with E-state index in [2.05, 4.69) is 36.1 Å². The van der Waals surface area contributed by atoms with Crippen LogP contribution in [0.4, 0.5) is 5.69 Å². The zero-order valence-electron chi connectivity index (χ0n) is 15.9. The molecule has 26 heavy (non-hydrogen) atoms. The second kappa shape index (κ2) is 6.97. The number of hydrogen-bond acceptors (Lipinski definition) is 4. The van der Waals surface area contributed by atoms with Crippen LogP contribution in [0.25, 0.3) is 0 Å². The molecule has 1 saturated heterocycles. The van der Waals surface area contributed by atoms with Gasteiger partial charge in [-0.2, -0.15) is 5.10 Å². The Labute approximate surface area is 153 Å². The van der Waals surface area contributed by atoms with Crippen molar-refractivity contribution >= 4 is 11.6 Å². The van der Waals surface area contributed by atoms with Gasteiger partial charge >= 0.3 is 0 Å². The summed E-state index contributed by atoms with van der Waals surface area (Å²) in [6.07, 6.45) is 6.53. The lowest BCUT2D eigenvalue weighted by Gasteiger charge is -2.20. The Morgan fingerprint density at radius 3 is 2.81 bits per heavy atom. The van der Waals surface area contributed by atoms with Crippen molar-refractivity contribution < 1.29 is 4.79 Å². The van der Waals surface area contributed by atoms with Crippen molar-refractivity contribution in [1.29, 1.82) is 0 Å². The number of amides is 1. The first kappa shape index (κ1) is 18.2. The normalized spacial score (nSPS) is 17.5. The second-order valence-electron chi connectivity index (χ2n) is 7.96. The topological polar surface area (TPSA) is 72.2 Å². The molecular weight excluding hydrogens is 330 g/mol. The summed E-state index contributed by atoms with van der Waals surface area (Å²) in [5, 5.41) is 7.11. The molecule has 2 aromatic heterocycles. The van der Waals surface area contributed by atoms with Gasteiger partial charge in [-0.15, -0.1) is 0 Å². The van der Waals surface area contributed by atoms with Crippen molar-refractivity contribution in [1.82, 2.24) is 19.7 Å². The molecule has 7 nitrogen and oxygen atoms in total. The molecule has 1 amide bonds. The molecule has 0 unspecified atom stereocenters. The first-order valence-corrected chi connectivity index (χ1v) is 8.99. The van der Waals surface area contributed by atoms with Crippen LogP contribution >= 0.6 is 0 Å². The molecule has 0 aromatic carbocycles. The quantitative estimate of drug-likeness (QED) is 0.902. The molecule has 1 aliphatic rings. The highest BCUT2D eigenvalue weighted by Crippen LogP contribution is 2.22. The zero-order chi connectivity index (χ0) is 18.9. The lowest BCUT2D eigenvalue weighted by molar-refractivity contribution is 0.0948. The molecule has 1 atom stereocenters. The van der Waals surface area contributed by atoms with Crippen molar-refractivity contribution in [2.24, 2.45) is 13.0 Å². The van der Waals surface area contributed by atoms with Gasteiger partial charge in [0.15, 0.2) is 0 Å². The highest BCUT2D eigenvalue weighted by Gasteiger charge is 2.24. The number of carbonyl (C=O) groups is 1. The molecule has 1 fully saturated rings. The number of hydrogen-bond donors (Lipinski definition) is 1. The van der Waals surface area contributed by atoms with Crippen LogP contribution < -0.4 is 15.8 Å². The fraction of sp³-hybridized carbons (Fsp3) is 0.526. The summed E-state index contributed by atoms with van der Waals surface area (Å²) in [5.74, 6) is 0.328. The third-order valence-corrected chi connectivity index (χ3v) is 4.89. The molecule has 0 spiro atoms. The van der Waals surface area contributed by atoms with Gasteiger partial charge in [-0.25, -0.2) is 4.68 Å². The van der Waals surface area contributed by atoms with Crippen LogP contribution in [0.5, 0.6) is 0 Å². The SMILES string of the molecule is Cn1ncc(N2CC[C@@H](CNC(=O)c3ccn(C(C)(C)C)c3)C2)cc1=O. The molecular formula is C19H27N5O2. The summed E-state index contributed by atoms with van der Waals surface area (Å²) < 4.78 is 3.36. The van der Waals surface area contributed by atoms with E-state index >= 15 is 0 Å². The molecule has 3 rings (SSSR count). The standard InChI is InChI=1S/C19H27N5O2/c1-19(2,3)24-8-6-15(13-24)18(26)20-10-14-5-7-23(12-14)16-9-17(25)22(4)21-11-16/h6,8-9,11,13-14H,5,7,10,12H2,1-4H3,(H,20,26)/t14-/m0/s1. The van der Waals surface area contributed by atoms with E-state index in [1.54, 1.807) is 19.3 Å². The van der Waals surface area contributed by atoms with Crippen LogP contribution in [0.3, 0.4) is 0 Å². The predicted molar refractivity (Wildman–Crippen MR) is 102 cm³/mol. The fourth-order valence-corrected chi connectivity index (χ4v) is 3.15. The van der Waals surface area contributed by atoms with Crippen LogP contribution in [-0.4, -0.2) is 39.9 Å². The average Bonchev–Trinajstić information content (AvgIpc) is 3.24. The van der Waals surface area contributed by atoms with Crippen LogP contribution in [0.15, 0.2) is 35.5 Å². The maximum absolute atomic E-state index is 12.4. The number of anilines is 1. The third-order valence-electron chi connectivity index (χ3n) is 4.89. The van der Waals surface area contributed by atoms with E-state index in [1.807, 2.05) is 23.0 Å². The summed E-state index contributed by atoms with van der Waals surface area (Å²) >= 11 is 0. The Morgan fingerprint density at radius 1 is 1.38 bits per heavy atom. The van der Waals surface area contributed by atoms with Gasteiger partial charge in [0.25, 0.3) is 11.5 Å². The van der Waals surface area contributed by atoms with Crippen LogP contribution in [0.2, 0.25) is 0 Å². The predicted octanol–water partition coefficient (Wildman–Crippen LogP) is 1.59. The van der Waals surface area contributed by atoms with Gasteiger partial charge in [-0.05, 0) is 39.2 Å². The highest BCUT2D eigenvalue weighted by molar-refractivity contribution is 5.94. The molecule has 0 saturated carbocycles. The van der Waals surface area contributed by atoms with Gasteiger partial charge in [0, 0.05) is 50.7 Å². The summed E-state index contributed by atoms with van der Waals surface area (Å²) in [6.45, 7) is 8.64. The van der Waals surface area contributed by atoms with E-state index in [4.69, 9.17) is 0 Å². The van der Waals surface area contributed by atoms with E-state index in [9.17, 15) is 9.59 Å². The number of rotatable bonds is 4. The van der Waals surface area contributed by atoms with E-state index < -0.39 is 0 Å². The number of aryl methyl sites for hydroxylation is 1. The minimum atomic E-state index is -0.109. The molecule has 0 aliphatic carbocycles. The Bertz CT molecular complexity index is 846. The molecule has 1 N–H and O–H groups in total. The van der Waals surface area contributed by atoms with E-state index in [-0.39, 0.29) is 17.0 Å². The lowest BCUT2D eigenvalue weighted by Crippen LogP contribution is -2.31. The molecule has 0 radical (unpaired) electrons. The van der Waals surface area contributed by atoms with Gasteiger partial charge < -0.3 is 14.8 Å². The summed E-state index contributed by atoms with van der Waals surface area (Å²) in [5.41, 5.74) is 1.39. The second-order valence-corrected chi connectivity index (χ2v) is 7.96. The van der Waals surface area contributed by atoms with Crippen molar-refractivity contribution in [3.63, 3.8) is 0 Å². The Kier molecular flexibility index (Phi) is 4.89. The number of nitrogens with one attached hydrogen (secondary N) is 1. The monoisotopic (exact) mass is 357 g/mol. The van der Waals surface area contributed by atoms with E-state index in [0.29, 0.717) is 18.0 Å². The smallest absolute Gasteiger partial charge is 0.268 e. The molecule has 7 heteroatoms. The Hall–Kier alpha value is -2.57. The van der Waals surface area contributed by atoms with Crippen molar-refractivity contribution in [2.45, 2.75) is 32.7 Å². The number of carbonyl (C=O) groups excluding carboxylic acids is 1. The van der Waals surface area contributed by atoms with Gasteiger partial charge in [-0.1, -0.05) is 0 Å². The highest BCUT2D eigenvalue weighted by atomic mass is 16.1. The average molecular weight is 357 g/mol. The van der Waals surface area contributed by atoms with Crippen molar-refractivity contribution in [2.75, 3.05) is 24.5 Å². The lowest BCUT2D eigenvalue weighted by atomic mass is 10.1. The van der Waals surface area contributed by atoms with Crippen LogP contribution in [-0.2, 0) is 12.6 Å². The van der Waals surface area contributed by atoms with Gasteiger partial charge in [-0.3, -0.25) is 9.59 Å². The van der Waals surface area contributed by atoms with Crippen molar-refractivity contribution in [3.05, 3.63) is 46.6 Å². The van der Waals surface area contributed by atoms with Crippen LogP contribution in [0.1, 0.15) is 37.6 Å². The Balaban J connectivity index is 1.54. The number of aromatic nitrogens is 3. The van der Waals surface area contributed by atoms with Crippen molar-refractivity contribution in [3.8, 4) is 0 Å². The summed E-state index contributed by atoms with van der Waals surface area (Å²) in [6, 6.07) is 3.47. The molecule has 1 aliphatic heterocycles. The van der Waals surface area contributed by atoms with Gasteiger partial charge in [0.05, 0.1) is 17.4 Å². The van der Waals surface area contributed by atoms with Gasteiger partial charge in [0.1, 0.15) is 0 Å². The molecule has 0 bridgehead atoms. The number of nitrogens with zero attached hydrogens (tertiary/aromatic N) is 4. The molecule has 3 heterocycles. The first-order chi connectivity index (χ1) is 12.2. The van der Waals surface area contributed by atoms with Crippen LogP contribution in [0, 0.1) is 5.92 Å². The maximum Gasteiger partial charge on any atom is 0.268 e. The molecule has 140 valence electrons. The summed E-state index contributed by atoms with van der Waals surface area (Å²) in [7, 11) is 1.64.